The topological polar surface area (TPSA) is 70.2 Å². The molecule has 0 aliphatic rings. The summed E-state index contributed by atoms with van der Waals surface area (Å²) in [7, 11) is 0. The summed E-state index contributed by atoms with van der Waals surface area (Å²) in [5.74, 6) is -0.295. The fourth-order valence-corrected chi connectivity index (χ4v) is 1.54. The van der Waals surface area contributed by atoms with E-state index in [9.17, 15) is 9.59 Å². The van der Waals surface area contributed by atoms with E-state index in [1.54, 1.807) is 6.92 Å². The van der Waals surface area contributed by atoms with E-state index in [4.69, 9.17) is 0 Å². The Bertz CT molecular complexity index is 452. The summed E-state index contributed by atoms with van der Waals surface area (Å²) < 4.78 is 0. The molecule has 0 aliphatic carbocycles. The van der Waals surface area contributed by atoms with Crippen LogP contribution in [0, 0.1) is 0 Å². The van der Waals surface area contributed by atoms with E-state index < -0.39 is 6.04 Å². The van der Waals surface area contributed by atoms with Gasteiger partial charge < -0.3 is 10.6 Å². The second-order valence-corrected chi connectivity index (χ2v) is 5.76. The number of anilines is 1. The molecule has 0 spiro atoms. The van der Waals surface area contributed by atoms with Gasteiger partial charge in [0, 0.05) is 11.2 Å². The molecule has 1 aromatic rings. The van der Waals surface area contributed by atoms with Crippen molar-refractivity contribution < 1.29 is 9.59 Å². The molecule has 5 heteroatoms. The van der Waals surface area contributed by atoms with Crippen molar-refractivity contribution in [3.63, 3.8) is 0 Å². The van der Waals surface area contributed by atoms with Crippen LogP contribution in [0.15, 0.2) is 30.3 Å². The maximum atomic E-state index is 11.8. The molecule has 2 amide bonds. The first-order valence-corrected chi connectivity index (χ1v) is 6.68. The molecule has 5 nitrogen and oxygen atoms in total. The summed E-state index contributed by atoms with van der Waals surface area (Å²) in [5, 5.41) is 8.51. The Morgan fingerprint density at radius 2 is 1.75 bits per heavy atom. The van der Waals surface area contributed by atoms with Gasteiger partial charge in [0.25, 0.3) is 0 Å². The lowest BCUT2D eigenvalue weighted by molar-refractivity contribution is -0.124. The van der Waals surface area contributed by atoms with Gasteiger partial charge in [0.05, 0.1) is 12.6 Å². The molecule has 1 atom stereocenters. The fourth-order valence-electron chi connectivity index (χ4n) is 1.54. The van der Waals surface area contributed by atoms with Crippen molar-refractivity contribution in [2.24, 2.45) is 0 Å². The molecule has 3 N–H and O–H groups in total. The quantitative estimate of drug-likeness (QED) is 0.764. The van der Waals surface area contributed by atoms with E-state index in [1.165, 1.54) is 0 Å². The van der Waals surface area contributed by atoms with Gasteiger partial charge in [-0.15, -0.1) is 0 Å². The predicted octanol–water partition coefficient (Wildman–Crippen LogP) is 1.52. The number of amides is 2. The van der Waals surface area contributed by atoms with Crippen molar-refractivity contribution in [2.75, 3.05) is 11.9 Å². The first kappa shape index (κ1) is 16.2. The van der Waals surface area contributed by atoms with Crippen molar-refractivity contribution in [1.29, 1.82) is 0 Å². The minimum absolute atomic E-state index is 0.0909. The largest absolute Gasteiger partial charge is 0.350 e. The Kier molecular flexibility index (Phi) is 5.70. The van der Waals surface area contributed by atoms with Gasteiger partial charge in [-0.1, -0.05) is 18.2 Å². The number of rotatable bonds is 5. The summed E-state index contributed by atoms with van der Waals surface area (Å²) in [5.41, 5.74) is 0.463. The highest BCUT2D eigenvalue weighted by molar-refractivity contribution is 5.92. The van der Waals surface area contributed by atoms with Gasteiger partial charge in [-0.25, -0.2) is 0 Å². The molecular weight excluding hydrogens is 254 g/mol. The van der Waals surface area contributed by atoms with Crippen molar-refractivity contribution >= 4 is 17.5 Å². The van der Waals surface area contributed by atoms with Gasteiger partial charge >= 0.3 is 0 Å². The average molecular weight is 277 g/mol. The summed E-state index contributed by atoms with van der Waals surface area (Å²) in [6.07, 6.45) is 0. The second-order valence-electron chi connectivity index (χ2n) is 5.76. The Balaban J connectivity index is 2.35. The molecular formula is C15H23N3O2. The minimum atomic E-state index is -0.421. The normalized spacial score (nSPS) is 12.6. The van der Waals surface area contributed by atoms with E-state index in [1.807, 2.05) is 51.1 Å². The van der Waals surface area contributed by atoms with Crippen LogP contribution in [0.1, 0.15) is 27.7 Å². The predicted molar refractivity (Wildman–Crippen MR) is 80.4 cm³/mol. The number of nitrogens with one attached hydrogen (secondary N) is 3. The van der Waals surface area contributed by atoms with E-state index >= 15 is 0 Å². The van der Waals surface area contributed by atoms with Gasteiger partial charge in [0.15, 0.2) is 0 Å². The van der Waals surface area contributed by atoms with E-state index in [-0.39, 0.29) is 23.9 Å². The van der Waals surface area contributed by atoms with Crippen molar-refractivity contribution in [3.05, 3.63) is 30.3 Å². The van der Waals surface area contributed by atoms with Gasteiger partial charge in [0.2, 0.25) is 11.8 Å². The highest BCUT2D eigenvalue weighted by Crippen LogP contribution is 2.04. The average Bonchev–Trinajstić information content (AvgIpc) is 2.35. The van der Waals surface area contributed by atoms with Crippen molar-refractivity contribution in [1.82, 2.24) is 10.6 Å². The molecule has 110 valence electrons. The number of hydrogen-bond acceptors (Lipinski definition) is 3. The lowest BCUT2D eigenvalue weighted by Crippen LogP contribution is -2.50. The van der Waals surface area contributed by atoms with Crippen LogP contribution in [0.2, 0.25) is 0 Å². The molecule has 1 unspecified atom stereocenters. The summed E-state index contributed by atoms with van der Waals surface area (Å²) in [6, 6.07) is 8.79. The molecule has 0 aliphatic heterocycles. The smallest absolute Gasteiger partial charge is 0.238 e. The number of benzene rings is 1. The monoisotopic (exact) mass is 277 g/mol. The highest BCUT2D eigenvalue weighted by atomic mass is 16.2. The van der Waals surface area contributed by atoms with Crippen LogP contribution in [0.3, 0.4) is 0 Å². The Morgan fingerprint density at radius 1 is 1.15 bits per heavy atom. The molecule has 20 heavy (non-hydrogen) atoms. The van der Waals surface area contributed by atoms with E-state index in [0.29, 0.717) is 0 Å². The van der Waals surface area contributed by atoms with Crippen LogP contribution in [0.25, 0.3) is 0 Å². The van der Waals surface area contributed by atoms with Gasteiger partial charge in [0.1, 0.15) is 0 Å². The third kappa shape index (κ3) is 6.33. The molecule has 0 radical (unpaired) electrons. The second kappa shape index (κ2) is 7.05. The maximum Gasteiger partial charge on any atom is 0.238 e. The van der Waals surface area contributed by atoms with Crippen LogP contribution in [-0.2, 0) is 9.59 Å². The molecule has 0 aromatic heterocycles. The molecule has 1 aromatic carbocycles. The van der Waals surface area contributed by atoms with E-state index in [0.717, 1.165) is 5.69 Å². The van der Waals surface area contributed by atoms with E-state index in [2.05, 4.69) is 16.0 Å². The zero-order valence-electron chi connectivity index (χ0n) is 12.5. The minimum Gasteiger partial charge on any atom is -0.350 e. The molecule has 0 saturated carbocycles. The molecule has 0 saturated heterocycles. The highest BCUT2D eigenvalue weighted by Gasteiger charge is 2.19. The van der Waals surface area contributed by atoms with Crippen LogP contribution in [-0.4, -0.2) is 29.9 Å². The van der Waals surface area contributed by atoms with Crippen LogP contribution < -0.4 is 16.0 Å². The number of hydrogen-bond donors (Lipinski definition) is 3. The van der Waals surface area contributed by atoms with Crippen LogP contribution in [0.4, 0.5) is 5.69 Å². The Labute approximate surface area is 120 Å². The van der Waals surface area contributed by atoms with Gasteiger partial charge in [-0.3, -0.25) is 14.9 Å². The fraction of sp³-hybridized carbons (Fsp3) is 0.467. The number of carbonyl (C=O) groups is 2. The van der Waals surface area contributed by atoms with Gasteiger partial charge in [-0.05, 0) is 39.8 Å². The standard InChI is InChI=1S/C15H23N3O2/c1-11(14(20)18-15(2,3)4)16-10-13(19)17-12-8-6-5-7-9-12/h5-9,11,16H,10H2,1-4H3,(H,17,19)(H,18,20). The zero-order valence-corrected chi connectivity index (χ0v) is 12.5. The maximum absolute atomic E-state index is 11.8. The summed E-state index contributed by atoms with van der Waals surface area (Å²) >= 11 is 0. The van der Waals surface area contributed by atoms with Crippen LogP contribution in [0.5, 0.6) is 0 Å². The molecule has 0 fully saturated rings. The number of carbonyl (C=O) groups excluding carboxylic acids is 2. The van der Waals surface area contributed by atoms with Crippen LogP contribution >= 0.6 is 0 Å². The summed E-state index contributed by atoms with van der Waals surface area (Å²) in [6.45, 7) is 7.57. The first-order valence-electron chi connectivity index (χ1n) is 6.68. The molecule has 0 bridgehead atoms. The van der Waals surface area contributed by atoms with Crippen molar-refractivity contribution in [2.45, 2.75) is 39.3 Å². The zero-order chi connectivity index (χ0) is 15.2. The Morgan fingerprint density at radius 3 is 2.30 bits per heavy atom. The lowest BCUT2D eigenvalue weighted by atomic mass is 10.1. The third-order valence-electron chi connectivity index (χ3n) is 2.52. The summed E-state index contributed by atoms with van der Waals surface area (Å²) in [4.78, 5) is 23.5. The SMILES string of the molecule is CC(NCC(=O)Nc1ccccc1)C(=O)NC(C)(C)C. The third-order valence-corrected chi connectivity index (χ3v) is 2.52. The first-order chi connectivity index (χ1) is 9.28. The number of para-hydroxylation sites is 1. The molecule has 0 heterocycles. The molecule has 1 rings (SSSR count). The van der Waals surface area contributed by atoms with Gasteiger partial charge in [-0.2, -0.15) is 0 Å². The Hall–Kier alpha value is -1.88. The lowest BCUT2D eigenvalue weighted by Gasteiger charge is -2.23. The van der Waals surface area contributed by atoms with Crippen molar-refractivity contribution in [3.8, 4) is 0 Å².